The Labute approximate surface area is 114 Å². The molecule has 0 aliphatic carbocycles. The number of benzene rings is 2. The van der Waals surface area contributed by atoms with Crippen LogP contribution < -0.4 is 9.47 Å². The van der Waals surface area contributed by atoms with E-state index in [4.69, 9.17) is 14.7 Å². The van der Waals surface area contributed by atoms with Crippen molar-refractivity contribution in [3.8, 4) is 23.3 Å². The third-order valence-corrected chi connectivity index (χ3v) is 2.56. The van der Waals surface area contributed by atoms with E-state index in [0.717, 1.165) is 0 Å². The first kappa shape index (κ1) is 13.4. The number of non-ortho nitro benzene ring substituents is 1. The quantitative estimate of drug-likeness (QED) is 0.628. The van der Waals surface area contributed by atoms with Gasteiger partial charge in [-0.25, -0.2) is 0 Å². The summed E-state index contributed by atoms with van der Waals surface area (Å²) in [5.74, 6) is 1.35. The number of nitro benzene ring substituents is 1. The van der Waals surface area contributed by atoms with E-state index in [1.165, 1.54) is 25.3 Å². The lowest BCUT2D eigenvalue weighted by atomic mass is 10.2. The first-order valence-electron chi connectivity index (χ1n) is 5.64. The fourth-order valence-electron chi connectivity index (χ4n) is 1.60. The van der Waals surface area contributed by atoms with Crippen molar-refractivity contribution >= 4 is 5.69 Å². The van der Waals surface area contributed by atoms with Crippen LogP contribution in [0.25, 0.3) is 0 Å². The standard InChI is InChI=1S/C14H10N2O4/c1-19-12-3-2-4-13(8-12)20-14-6-5-11(16(17)18)7-10(14)9-15/h2-8H,1H3. The summed E-state index contributed by atoms with van der Waals surface area (Å²) in [5, 5.41) is 19.7. The van der Waals surface area contributed by atoms with Crippen LogP contribution in [-0.4, -0.2) is 12.0 Å². The van der Waals surface area contributed by atoms with Gasteiger partial charge in [0.15, 0.2) is 0 Å². The molecule has 0 unspecified atom stereocenters. The van der Waals surface area contributed by atoms with Crippen LogP contribution in [0.5, 0.6) is 17.2 Å². The average Bonchev–Trinajstić information content (AvgIpc) is 2.47. The molecule has 20 heavy (non-hydrogen) atoms. The maximum absolute atomic E-state index is 10.7. The molecule has 0 saturated carbocycles. The monoisotopic (exact) mass is 270 g/mol. The zero-order valence-corrected chi connectivity index (χ0v) is 10.6. The first-order chi connectivity index (χ1) is 9.63. The van der Waals surface area contributed by atoms with Gasteiger partial charge in [0.05, 0.1) is 12.0 Å². The SMILES string of the molecule is COc1cccc(Oc2ccc([N+](=O)[O-])cc2C#N)c1. The zero-order valence-electron chi connectivity index (χ0n) is 10.6. The minimum atomic E-state index is -0.559. The summed E-state index contributed by atoms with van der Waals surface area (Å²) in [6.07, 6.45) is 0. The summed E-state index contributed by atoms with van der Waals surface area (Å²) in [6.45, 7) is 0. The molecule has 0 heterocycles. The highest BCUT2D eigenvalue weighted by atomic mass is 16.6. The maximum atomic E-state index is 10.7. The van der Waals surface area contributed by atoms with Crippen molar-refractivity contribution < 1.29 is 14.4 Å². The Hall–Kier alpha value is -3.07. The Morgan fingerprint density at radius 1 is 1.20 bits per heavy atom. The topological polar surface area (TPSA) is 85.4 Å². The van der Waals surface area contributed by atoms with E-state index in [-0.39, 0.29) is 17.0 Å². The van der Waals surface area contributed by atoms with E-state index in [0.29, 0.717) is 11.5 Å². The molecule has 0 N–H and O–H groups in total. The second-order valence-electron chi connectivity index (χ2n) is 3.83. The number of hydrogen-bond acceptors (Lipinski definition) is 5. The number of ether oxygens (including phenoxy) is 2. The van der Waals surface area contributed by atoms with E-state index >= 15 is 0 Å². The van der Waals surface area contributed by atoms with Crippen molar-refractivity contribution in [2.45, 2.75) is 0 Å². The summed E-state index contributed by atoms with van der Waals surface area (Å²) < 4.78 is 10.6. The number of methoxy groups -OCH3 is 1. The molecule has 100 valence electrons. The summed E-state index contributed by atoms with van der Waals surface area (Å²) in [5.41, 5.74) is -0.0541. The number of hydrogen-bond donors (Lipinski definition) is 0. The Morgan fingerprint density at radius 3 is 2.60 bits per heavy atom. The highest BCUT2D eigenvalue weighted by Gasteiger charge is 2.12. The fourth-order valence-corrected chi connectivity index (χ4v) is 1.60. The van der Waals surface area contributed by atoms with Crippen molar-refractivity contribution in [3.63, 3.8) is 0 Å². The molecule has 0 fully saturated rings. The van der Waals surface area contributed by atoms with Gasteiger partial charge in [-0.15, -0.1) is 0 Å². The van der Waals surface area contributed by atoms with Gasteiger partial charge in [0.25, 0.3) is 5.69 Å². The van der Waals surface area contributed by atoms with Gasteiger partial charge in [-0.3, -0.25) is 10.1 Å². The summed E-state index contributed by atoms with van der Waals surface area (Å²) >= 11 is 0. The largest absolute Gasteiger partial charge is 0.497 e. The first-order valence-corrected chi connectivity index (χ1v) is 5.64. The molecule has 0 atom stereocenters. The van der Waals surface area contributed by atoms with Gasteiger partial charge in [0.2, 0.25) is 0 Å². The zero-order chi connectivity index (χ0) is 14.5. The van der Waals surface area contributed by atoms with Crippen molar-refractivity contribution in [1.82, 2.24) is 0 Å². The van der Waals surface area contributed by atoms with Crippen LogP contribution in [0.2, 0.25) is 0 Å². The molecule has 0 aliphatic rings. The second kappa shape index (κ2) is 5.71. The number of rotatable bonds is 4. The fraction of sp³-hybridized carbons (Fsp3) is 0.0714. The molecule has 6 nitrogen and oxygen atoms in total. The van der Waals surface area contributed by atoms with Crippen LogP contribution in [0.3, 0.4) is 0 Å². The van der Waals surface area contributed by atoms with Crippen molar-refractivity contribution in [3.05, 3.63) is 58.1 Å². The van der Waals surface area contributed by atoms with Crippen molar-refractivity contribution in [1.29, 1.82) is 5.26 Å². The average molecular weight is 270 g/mol. The van der Waals surface area contributed by atoms with E-state index in [1.54, 1.807) is 24.3 Å². The third kappa shape index (κ3) is 2.84. The smallest absolute Gasteiger partial charge is 0.271 e. The predicted molar refractivity (Wildman–Crippen MR) is 70.9 cm³/mol. The summed E-state index contributed by atoms with van der Waals surface area (Å²) in [4.78, 5) is 10.1. The van der Waals surface area contributed by atoms with Crippen LogP contribution in [-0.2, 0) is 0 Å². The molecule has 2 aromatic carbocycles. The second-order valence-corrected chi connectivity index (χ2v) is 3.83. The molecular weight excluding hydrogens is 260 g/mol. The van der Waals surface area contributed by atoms with E-state index < -0.39 is 4.92 Å². The highest BCUT2D eigenvalue weighted by Crippen LogP contribution is 2.29. The molecule has 0 bridgehead atoms. The molecular formula is C14H10N2O4. The molecule has 0 radical (unpaired) electrons. The lowest BCUT2D eigenvalue weighted by molar-refractivity contribution is -0.384. The number of nitrogens with zero attached hydrogens (tertiary/aromatic N) is 2. The molecule has 0 saturated heterocycles. The van der Waals surface area contributed by atoms with Gasteiger partial charge in [-0.2, -0.15) is 5.26 Å². The minimum Gasteiger partial charge on any atom is -0.497 e. The third-order valence-electron chi connectivity index (χ3n) is 2.56. The maximum Gasteiger partial charge on any atom is 0.271 e. The normalized spacial score (nSPS) is 9.60. The van der Waals surface area contributed by atoms with E-state index in [2.05, 4.69) is 0 Å². The van der Waals surface area contributed by atoms with Gasteiger partial charge in [-0.1, -0.05) is 6.07 Å². The summed E-state index contributed by atoms with van der Waals surface area (Å²) in [6, 6.07) is 12.6. The highest BCUT2D eigenvalue weighted by molar-refractivity contribution is 5.51. The van der Waals surface area contributed by atoms with Gasteiger partial charge < -0.3 is 9.47 Å². The van der Waals surface area contributed by atoms with Gasteiger partial charge in [0, 0.05) is 18.2 Å². The van der Waals surface area contributed by atoms with Crippen molar-refractivity contribution in [2.75, 3.05) is 7.11 Å². The van der Waals surface area contributed by atoms with Crippen LogP contribution in [0, 0.1) is 21.4 Å². The molecule has 0 aliphatic heterocycles. The van der Waals surface area contributed by atoms with Gasteiger partial charge >= 0.3 is 0 Å². The number of nitriles is 1. The minimum absolute atomic E-state index is 0.0991. The summed E-state index contributed by atoms with van der Waals surface area (Å²) in [7, 11) is 1.53. The predicted octanol–water partition coefficient (Wildman–Crippen LogP) is 3.27. The lowest BCUT2D eigenvalue weighted by Gasteiger charge is -2.08. The van der Waals surface area contributed by atoms with Crippen LogP contribution in [0.15, 0.2) is 42.5 Å². The van der Waals surface area contributed by atoms with Gasteiger partial charge in [-0.05, 0) is 18.2 Å². The molecule has 0 aromatic heterocycles. The Bertz CT molecular complexity index is 692. The lowest BCUT2D eigenvalue weighted by Crippen LogP contribution is -1.93. The molecule has 2 rings (SSSR count). The van der Waals surface area contributed by atoms with E-state index in [9.17, 15) is 10.1 Å². The number of nitro groups is 1. The molecule has 0 amide bonds. The Morgan fingerprint density at radius 2 is 1.95 bits per heavy atom. The molecule has 2 aromatic rings. The van der Waals surface area contributed by atoms with Crippen LogP contribution in [0.4, 0.5) is 5.69 Å². The van der Waals surface area contributed by atoms with Crippen LogP contribution >= 0.6 is 0 Å². The molecule has 6 heteroatoms. The Balaban J connectivity index is 2.33. The van der Waals surface area contributed by atoms with Crippen molar-refractivity contribution in [2.24, 2.45) is 0 Å². The van der Waals surface area contributed by atoms with Gasteiger partial charge in [0.1, 0.15) is 28.9 Å². The van der Waals surface area contributed by atoms with E-state index in [1.807, 2.05) is 6.07 Å². The van der Waals surface area contributed by atoms with Crippen LogP contribution in [0.1, 0.15) is 5.56 Å². The Kier molecular flexibility index (Phi) is 3.82. The molecule has 0 spiro atoms.